The summed E-state index contributed by atoms with van der Waals surface area (Å²) >= 11 is 25.8. The molecule has 2 aromatic carbocycles. The molecule has 2 rings (SSSR count). The third-order valence-electron chi connectivity index (χ3n) is 2.94. The number of rotatable bonds is 5. The minimum absolute atomic E-state index is 0.0981. The van der Waals surface area contributed by atoms with Gasteiger partial charge in [-0.1, -0.05) is 116 Å². The molecule has 0 saturated heterocycles. The van der Waals surface area contributed by atoms with E-state index in [2.05, 4.69) is 40.7 Å². The van der Waals surface area contributed by atoms with Gasteiger partial charge in [-0.3, -0.25) is 9.59 Å². The second kappa shape index (κ2) is 18.8. The third kappa shape index (κ3) is 25.4. The number of benzene rings is 2. The summed E-state index contributed by atoms with van der Waals surface area (Å²) in [4.78, 5) is 20.6. The Hall–Kier alpha value is -0.765. The number of alkyl halides is 5. The number of halogens is 5. The van der Waals surface area contributed by atoms with Crippen molar-refractivity contribution in [3.05, 3.63) is 70.8 Å². The summed E-state index contributed by atoms with van der Waals surface area (Å²) in [6.45, 7) is 1.95. The Morgan fingerprint density at radius 3 is 1.68 bits per heavy atom. The molecule has 0 heterocycles. The molecule has 2 N–H and O–H groups in total. The molecule has 1 radical (unpaired) electrons. The van der Waals surface area contributed by atoms with E-state index in [1.54, 1.807) is 0 Å². The van der Waals surface area contributed by atoms with Crippen LogP contribution in [-0.2, 0) is 27.8 Å². The minimum atomic E-state index is -1.61. The maximum atomic E-state index is 10.4. The van der Waals surface area contributed by atoms with Crippen LogP contribution in [0.3, 0.4) is 0 Å². The first-order valence-electron chi connectivity index (χ1n) is 8.25. The van der Waals surface area contributed by atoms with Crippen molar-refractivity contribution in [3.8, 4) is 0 Å². The van der Waals surface area contributed by atoms with Gasteiger partial charge in [0.2, 0.25) is 0 Å². The van der Waals surface area contributed by atoms with Crippen LogP contribution in [0.5, 0.6) is 0 Å². The zero-order valence-corrected chi connectivity index (χ0v) is 21.8. The topological polar surface area (TPSA) is 87.0 Å². The van der Waals surface area contributed by atoms with Gasteiger partial charge < -0.3 is 10.2 Å². The van der Waals surface area contributed by atoms with Gasteiger partial charge in [-0.15, -0.1) is 0 Å². The van der Waals surface area contributed by atoms with E-state index in [-0.39, 0.29) is 12.8 Å². The summed E-state index contributed by atoms with van der Waals surface area (Å²) in [7, 11) is 4.34. The summed E-state index contributed by atoms with van der Waals surface area (Å²) in [6.07, 6.45) is 0.211. The van der Waals surface area contributed by atoms with Crippen molar-refractivity contribution in [2.45, 2.75) is 28.3 Å². The van der Waals surface area contributed by atoms with E-state index in [0.717, 1.165) is 27.6 Å². The van der Waals surface area contributed by atoms with Gasteiger partial charge >= 0.3 is 36.7 Å². The molecule has 31 heavy (non-hydrogen) atoms. The first-order chi connectivity index (χ1) is 14.3. The Bertz CT molecular complexity index is 819. The molecule has 0 spiro atoms. The molecule has 0 atom stereocenters. The molecule has 0 aliphatic heterocycles. The van der Waals surface area contributed by atoms with Crippen molar-refractivity contribution in [2.75, 3.05) is 0 Å². The van der Waals surface area contributed by atoms with Gasteiger partial charge in [0, 0.05) is 5.33 Å². The Balaban J connectivity index is 0. The molecule has 0 aliphatic rings. The predicted molar refractivity (Wildman–Crippen MR) is 136 cm³/mol. The summed E-state index contributed by atoms with van der Waals surface area (Å²) in [5, 5.41) is 17.7. The van der Waals surface area contributed by atoms with Crippen molar-refractivity contribution in [3.63, 3.8) is 0 Å². The number of aryl methyl sites for hydroxylation is 1. The van der Waals surface area contributed by atoms with Crippen LogP contribution in [0.1, 0.15) is 22.3 Å². The molecule has 0 amide bonds. The van der Waals surface area contributed by atoms with Gasteiger partial charge in [-0.25, -0.2) is 0 Å². The Morgan fingerprint density at radius 1 is 0.968 bits per heavy atom. The SMILES string of the molecule is Cc1cccc(CC(=O)O)c1.ClC(Cl)(Cl)Cl.O=C(O)Cc1cccc(CBr)c1.[B]=NS. The van der Waals surface area contributed by atoms with E-state index < -0.39 is 15.2 Å². The number of hydrogen-bond acceptors (Lipinski definition) is 4. The number of carboxylic acid groups (broad SMARTS) is 2. The normalized spacial score (nSPS) is 9.48. The summed E-state index contributed by atoms with van der Waals surface area (Å²) in [5.41, 5.74) is 3.91. The molecule has 0 aromatic heterocycles. The van der Waals surface area contributed by atoms with Gasteiger partial charge in [-0.05, 0) is 23.6 Å². The van der Waals surface area contributed by atoms with E-state index in [4.69, 9.17) is 56.6 Å². The van der Waals surface area contributed by atoms with Gasteiger partial charge in [-0.2, -0.15) is 0 Å². The van der Waals surface area contributed by atoms with E-state index in [1.807, 2.05) is 55.5 Å². The van der Waals surface area contributed by atoms with Crippen molar-refractivity contribution in [2.24, 2.45) is 4.30 Å². The van der Waals surface area contributed by atoms with Gasteiger partial charge in [0.05, 0.1) is 12.8 Å². The van der Waals surface area contributed by atoms with Gasteiger partial charge in [0.25, 0.3) is 3.25 Å². The molecule has 0 fully saturated rings. The van der Waals surface area contributed by atoms with Crippen LogP contribution in [0.2, 0.25) is 0 Å². The van der Waals surface area contributed by atoms with Crippen LogP contribution in [0, 0.1) is 6.92 Å². The van der Waals surface area contributed by atoms with Crippen LogP contribution in [0.4, 0.5) is 0 Å². The first kappa shape index (κ1) is 32.4. The molecule has 0 bridgehead atoms. The van der Waals surface area contributed by atoms with Gasteiger partial charge in [0.15, 0.2) is 0 Å². The predicted octanol–water partition coefficient (Wildman–Crippen LogP) is 6.57. The Labute approximate surface area is 216 Å². The van der Waals surface area contributed by atoms with Crippen LogP contribution in [0.25, 0.3) is 0 Å². The molecule has 0 aliphatic carbocycles. The van der Waals surface area contributed by atoms with Crippen LogP contribution < -0.4 is 0 Å². The van der Waals surface area contributed by atoms with Gasteiger partial charge in [0.1, 0.15) is 0 Å². The molecule has 169 valence electrons. The van der Waals surface area contributed by atoms with Crippen molar-refractivity contribution in [1.29, 1.82) is 0 Å². The zero-order chi connectivity index (χ0) is 24.4. The second-order valence-electron chi connectivity index (χ2n) is 5.63. The number of thiol groups is 1. The number of hydrogen-bond donors (Lipinski definition) is 3. The molecular formula is C19H20BBrCl4NO4S. The number of carboxylic acids is 2. The third-order valence-corrected chi connectivity index (χ3v) is 3.59. The fraction of sp³-hybridized carbons (Fsp3) is 0.263. The quantitative estimate of drug-likeness (QED) is 0.209. The van der Waals surface area contributed by atoms with Crippen molar-refractivity contribution >= 4 is 94.7 Å². The standard InChI is InChI=1S/C9H9BrO2.C9H10O2.CCl4.BHNS/c10-6-8-3-1-2-7(4-8)5-9(11)12;1-7-3-2-4-8(5-7)6-9(10)11;2-1(3,4)5;1-2-3/h1-4H,5-6H2,(H,11,12);2-5H,6H2,1H3,(H,10,11);;3H. The monoisotopic (exact) mass is 588 g/mol. The van der Waals surface area contributed by atoms with Crippen LogP contribution in [0.15, 0.2) is 52.8 Å². The average Bonchev–Trinajstić information content (AvgIpc) is 2.60. The Kier molecular flexibility index (Phi) is 19.6. The number of nitrogens with zero attached hydrogens (tertiary/aromatic N) is 1. The molecule has 0 saturated carbocycles. The summed E-state index contributed by atoms with van der Waals surface area (Å²) in [5.74, 6) is -1.57. The zero-order valence-electron chi connectivity index (χ0n) is 16.3. The second-order valence-corrected chi connectivity index (χ2v) is 9.85. The molecule has 5 nitrogen and oxygen atoms in total. The fourth-order valence-electron chi connectivity index (χ4n) is 1.99. The average molecular weight is 591 g/mol. The van der Waals surface area contributed by atoms with E-state index in [1.165, 1.54) is 0 Å². The Morgan fingerprint density at radius 2 is 1.32 bits per heavy atom. The number of carbonyl (C=O) groups is 2. The van der Waals surface area contributed by atoms with E-state index >= 15 is 0 Å². The summed E-state index contributed by atoms with van der Waals surface area (Å²) < 4.78 is 1.08. The molecule has 2 aromatic rings. The van der Waals surface area contributed by atoms with Crippen LogP contribution in [-0.4, -0.2) is 33.0 Å². The first-order valence-corrected chi connectivity index (χ1v) is 11.3. The molecule has 0 unspecified atom stereocenters. The van der Waals surface area contributed by atoms with E-state index in [9.17, 15) is 9.59 Å². The maximum absolute atomic E-state index is 10.4. The fourth-order valence-corrected chi connectivity index (χ4v) is 2.34. The number of aliphatic carboxylic acids is 2. The molecular weight excluding hydrogens is 571 g/mol. The van der Waals surface area contributed by atoms with Crippen molar-refractivity contribution in [1.82, 2.24) is 0 Å². The molecule has 12 heteroatoms. The summed E-state index contributed by atoms with van der Waals surface area (Å²) in [6, 6.07) is 15.1. The van der Waals surface area contributed by atoms with Crippen LogP contribution >= 0.6 is 75.1 Å². The van der Waals surface area contributed by atoms with Crippen molar-refractivity contribution < 1.29 is 19.8 Å². The van der Waals surface area contributed by atoms with E-state index in [0.29, 0.717) is 0 Å².